The number of nitrogens with two attached hydrogens (primary N) is 1. The van der Waals surface area contributed by atoms with Gasteiger partial charge in [-0.1, -0.05) is 48.7 Å². The molecule has 1 atom stereocenters. The molecule has 0 heterocycles. The minimum atomic E-state index is 0.177. The van der Waals surface area contributed by atoms with Gasteiger partial charge in [-0.2, -0.15) is 0 Å². The Hall–Kier alpha value is -0.340. The summed E-state index contributed by atoms with van der Waals surface area (Å²) in [7, 11) is 0. The second-order valence-corrected chi connectivity index (χ2v) is 5.85. The molecule has 1 aromatic carbocycles. The summed E-state index contributed by atoms with van der Waals surface area (Å²) in [4.78, 5) is 0. The van der Waals surface area contributed by atoms with Gasteiger partial charge in [-0.05, 0) is 42.5 Å². The van der Waals surface area contributed by atoms with Crippen molar-refractivity contribution >= 4 is 15.9 Å². The van der Waals surface area contributed by atoms with E-state index in [1.807, 2.05) is 0 Å². The molecule has 1 nitrogen and oxygen atoms in total. The van der Waals surface area contributed by atoms with E-state index in [1.54, 1.807) is 0 Å². The Labute approximate surface area is 108 Å². The number of hydrogen-bond acceptors (Lipinski definition) is 1. The van der Waals surface area contributed by atoms with Gasteiger partial charge in [-0.3, -0.25) is 0 Å². The Morgan fingerprint density at radius 3 is 2.56 bits per heavy atom. The van der Waals surface area contributed by atoms with E-state index in [0.717, 1.165) is 16.8 Å². The first-order valence-electron chi connectivity index (χ1n) is 6.02. The fourth-order valence-electron chi connectivity index (χ4n) is 1.91. The molecule has 0 aliphatic carbocycles. The molecule has 16 heavy (non-hydrogen) atoms. The normalized spacial score (nSPS) is 13.1. The van der Waals surface area contributed by atoms with Crippen molar-refractivity contribution in [3.05, 3.63) is 33.8 Å². The SMILES string of the molecule is Cc1ccc(Br)cc1C(N)CCCC(C)C. The average Bonchev–Trinajstić information content (AvgIpc) is 2.21. The maximum atomic E-state index is 6.23. The summed E-state index contributed by atoms with van der Waals surface area (Å²) in [6, 6.07) is 6.52. The van der Waals surface area contributed by atoms with Crippen molar-refractivity contribution in [3.63, 3.8) is 0 Å². The van der Waals surface area contributed by atoms with E-state index in [2.05, 4.69) is 54.9 Å². The van der Waals surface area contributed by atoms with Gasteiger partial charge in [-0.15, -0.1) is 0 Å². The maximum Gasteiger partial charge on any atom is 0.0297 e. The summed E-state index contributed by atoms with van der Waals surface area (Å²) in [5, 5.41) is 0. The second kappa shape index (κ2) is 6.41. The highest BCUT2D eigenvalue weighted by Gasteiger charge is 2.09. The van der Waals surface area contributed by atoms with Crippen LogP contribution in [0.15, 0.2) is 22.7 Å². The van der Waals surface area contributed by atoms with Crippen LogP contribution in [0.4, 0.5) is 0 Å². The van der Waals surface area contributed by atoms with Crippen molar-refractivity contribution in [2.24, 2.45) is 11.7 Å². The van der Waals surface area contributed by atoms with Crippen LogP contribution >= 0.6 is 15.9 Å². The van der Waals surface area contributed by atoms with Crippen molar-refractivity contribution in [1.29, 1.82) is 0 Å². The van der Waals surface area contributed by atoms with Crippen molar-refractivity contribution in [2.45, 2.75) is 46.1 Å². The van der Waals surface area contributed by atoms with Crippen LogP contribution in [0.2, 0.25) is 0 Å². The molecular formula is C14H22BrN. The molecule has 0 aliphatic heterocycles. The van der Waals surface area contributed by atoms with Crippen LogP contribution in [-0.2, 0) is 0 Å². The predicted octanol–water partition coefficient (Wildman–Crippen LogP) is 4.58. The van der Waals surface area contributed by atoms with Crippen molar-refractivity contribution < 1.29 is 0 Å². The Morgan fingerprint density at radius 1 is 1.25 bits per heavy atom. The number of halogens is 1. The molecule has 1 rings (SSSR count). The van der Waals surface area contributed by atoms with Crippen LogP contribution in [0.5, 0.6) is 0 Å². The smallest absolute Gasteiger partial charge is 0.0297 e. The molecule has 0 radical (unpaired) electrons. The number of hydrogen-bond donors (Lipinski definition) is 1. The molecular weight excluding hydrogens is 262 g/mol. The molecule has 1 unspecified atom stereocenters. The fourth-order valence-corrected chi connectivity index (χ4v) is 2.29. The van der Waals surface area contributed by atoms with Gasteiger partial charge in [0.1, 0.15) is 0 Å². The summed E-state index contributed by atoms with van der Waals surface area (Å²) in [5.74, 6) is 0.774. The number of rotatable bonds is 5. The summed E-state index contributed by atoms with van der Waals surface area (Å²) < 4.78 is 1.12. The molecule has 0 bridgehead atoms. The van der Waals surface area contributed by atoms with Gasteiger partial charge in [0.05, 0.1) is 0 Å². The van der Waals surface area contributed by atoms with Gasteiger partial charge in [0.25, 0.3) is 0 Å². The second-order valence-electron chi connectivity index (χ2n) is 4.93. The fraction of sp³-hybridized carbons (Fsp3) is 0.571. The van der Waals surface area contributed by atoms with Crippen LogP contribution in [-0.4, -0.2) is 0 Å². The summed E-state index contributed by atoms with van der Waals surface area (Å²) in [6.07, 6.45) is 3.56. The number of aryl methyl sites for hydroxylation is 1. The highest BCUT2D eigenvalue weighted by molar-refractivity contribution is 9.10. The third kappa shape index (κ3) is 4.26. The van der Waals surface area contributed by atoms with Crippen molar-refractivity contribution in [2.75, 3.05) is 0 Å². The molecule has 0 amide bonds. The van der Waals surface area contributed by atoms with Gasteiger partial charge in [0.15, 0.2) is 0 Å². The molecule has 0 fully saturated rings. The lowest BCUT2D eigenvalue weighted by molar-refractivity contribution is 0.505. The maximum absolute atomic E-state index is 6.23. The zero-order valence-electron chi connectivity index (χ0n) is 10.5. The van der Waals surface area contributed by atoms with Gasteiger partial charge in [-0.25, -0.2) is 0 Å². The number of benzene rings is 1. The van der Waals surface area contributed by atoms with E-state index in [0.29, 0.717) is 0 Å². The summed E-state index contributed by atoms with van der Waals surface area (Å²) >= 11 is 3.50. The van der Waals surface area contributed by atoms with Crippen LogP contribution in [0.1, 0.15) is 50.3 Å². The van der Waals surface area contributed by atoms with Crippen LogP contribution < -0.4 is 5.73 Å². The molecule has 90 valence electrons. The first kappa shape index (κ1) is 13.7. The van der Waals surface area contributed by atoms with E-state index in [1.165, 1.54) is 24.0 Å². The van der Waals surface area contributed by atoms with E-state index in [-0.39, 0.29) is 6.04 Å². The molecule has 0 aliphatic rings. The topological polar surface area (TPSA) is 26.0 Å². The molecule has 2 N–H and O–H groups in total. The average molecular weight is 284 g/mol. The minimum Gasteiger partial charge on any atom is -0.324 e. The standard InChI is InChI=1S/C14H22BrN/c1-10(2)5-4-6-14(16)13-9-12(15)8-7-11(13)3/h7-10,14H,4-6,16H2,1-3H3. The monoisotopic (exact) mass is 283 g/mol. The molecule has 0 aromatic heterocycles. The summed E-state index contributed by atoms with van der Waals surface area (Å²) in [6.45, 7) is 6.65. The Bertz CT molecular complexity index is 334. The largest absolute Gasteiger partial charge is 0.324 e. The molecule has 0 saturated carbocycles. The van der Waals surface area contributed by atoms with Crippen LogP contribution in [0, 0.1) is 12.8 Å². The van der Waals surface area contributed by atoms with Gasteiger partial charge in [0.2, 0.25) is 0 Å². The van der Waals surface area contributed by atoms with E-state index < -0.39 is 0 Å². The Morgan fingerprint density at radius 2 is 1.94 bits per heavy atom. The van der Waals surface area contributed by atoms with Crippen molar-refractivity contribution in [3.8, 4) is 0 Å². The highest BCUT2D eigenvalue weighted by atomic mass is 79.9. The lowest BCUT2D eigenvalue weighted by Crippen LogP contribution is -2.12. The predicted molar refractivity (Wildman–Crippen MR) is 74.5 cm³/mol. The third-order valence-corrected chi connectivity index (χ3v) is 3.43. The Kier molecular flexibility index (Phi) is 5.50. The Balaban J connectivity index is 2.58. The van der Waals surface area contributed by atoms with E-state index >= 15 is 0 Å². The van der Waals surface area contributed by atoms with Crippen LogP contribution in [0.3, 0.4) is 0 Å². The van der Waals surface area contributed by atoms with Gasteiger partial charge >= 0.3 is 0 Å². The molecule has 0 saturated heterocycles. The van der Waals surface area contributed by atoms with E-state index in [9.17, 15) is 0 Å². The quantitative estimate of drug-likeness (QED) is 0.841. The first-order chi connectivity index (χ1) is 7.50. The van der Waals surface area contributed by atoms with Crippen molar-refractivity contribution in [1.82, 2.24) is 0 Å². The van der Waals surface area contributed by atoms with E-state index in [4.69, 9.17) is 5.73 Å². The first-order valence-corrected chi connectivity index (χ1v) is 6.81. The lowest BCUT2D eigenvalue weighted by atomic mass is 9.96. The zero-order chi connectivity index (χ0) is 12.1. The molecule has 0 spiro atoms. The summed E-state index contributed by atoms with van der Waals surface area (Å²) in [5.41, 5.74) is 8.80. The van der Waals surface area contributed by atoms with Crippen LogP contribution in [0.25, 0.3) is 0 Å². The lowest BCUT2D eigenvalue weighted by Gasteiger charge is -2.15. The van der Waals surface area contributed by atoms with Gasteiger partial charge < -0.3 is 5.73 Å². The zero-order valence-corrected chi connectivity index (χ0v) is 12.0. The van der Waals surface area contributed by atoms with Gasteiger partial charge in [0, 0.05) is 10.5 Å². The molecule has 1 aromatic rings. The molecule has 2 heteroatoms. The third-order valence-electron chi connectivity index (χ3n) is 2.94. The highest BCUT2D eigenvalue weighted by Crippen LogP contribution is 2.24. The minimum absolute atomic E-state index is 0.177.